The Labute approximate surface area is 58.3 Å². The van der Waals surface area contributed by atoms with Gasteiger partial charge >= 0.3 is 0 Å². The topological polar surface area (TPSA) is 0 Å². The average molecular weight is 123 g/mol. The molecular weight excluding hydrogens is 108 g/mol. The Balaban J connectivity index is 2.90. The molecule has 51 valence electrons. The molecule has 0 fully saturated rings. The highest BCUT2D eigenvalue weighted by Crippen LogP contribution is 1.98. The van der Waals surface area contributed by atoms with Crippen LogP contribution in [0.5, 0.6) is 0 Å². The van der Waals surface area contributed by atoms with Crippen LogP contribution in [0.15, 0.2) is 24.8 Å². The monoisotopic (exact) mass is 123 g/mol. The summed E-state index contributed by atoms with van der Waals surface area (Å²) in [6.45, 7) is 5.68. The van der Waals surface area contributed by atoms with Gasteiger partial charge in [-0.3, -0.25) is 0 Å². The zero-order chi connectivity index (χ0) is 6.95. The van der Waals surface area contributed by atoms with E-state index in [4.69, 9.17) is 0 Å². The minimum Gasteiger partial charge on any atom is -0.0991 e. The molecule has 0 aromatic heterocycles. The maximum Gasteiger partial charge on any atom is -0.0348 e. The summed E-state index contributed by atoms with van der Waals surface area (Å²) in [6.07, 6.45) is 11.8. The number of rotatable bonds is 5. The Kier molecular flexibility index (Phi) is 7.05. The molecule has 0 bridgehead atoms. The van der Waals surface area contributed by atoms with Crippen molar-refractivity contribution in [2.24, 2.45) is 0 Å². The van der Waals surface area contributed by atoms with E-state index in [1.54, 1.807) is 0 Å². The third-order valence-corrected chi connectivity index (χ3v) is 1.14. The maximum absolute atomic E-state index is 3.58. The first-order valence-corrected chi connectivity index (χ1v) is 3.47. The van der Waals surface area contributed by atoms with Crippen molar-refractivity contribution in [2.75, 3.05) is 0 Å². The normalized spacial score (nSPS) is 10.3. The van der Waals surface area contributed by atoms with Gasteiger partial charge in [-0.2, -0.15) is 0 Å². The van der Waals surface area contributed by atoms with Gasteiger partial charge in [0.1, 0.15) is 0 Å². The Morgan fingerprint density at radius 3 is 2.67 bits per heavy atom. The van der Waals surface area contributed by atoms with Crippen LogP contribution in [-0.4, -0.2) is 0 Å². The first kappa shape index (κ1) is 8.48. The van der Waals surface area contributed by atoms with E-state index in [0.717, 1.165) is 0 Å². The molecule has 0 saturated carbocycles. The van der Waals surface area contributed by atoms with Gasteiger partial charge < -0.3 is 0 Å². The van der Waals surface area contributed by atoms with Gasteiger partial charge in [0.2, 0.25) is 0 Å². The van der Waals surface area contributed by atoms with Gasteiger partial charge in [0.05, 0.1) is 0 Å². The number of unbranched alkanes of at least 4 members (excludes halogenated alkanes) is 3. The van der Waals surface area contributed by atoms with Crippen molar-refractivity contribution in [3.05, 3.63) is 31.2 Å². The SMILES string of the molecule is C=CC=CCCC[CH]C. The van der Waals surface area contributed by atoms with Crippen LogP contribution in [0.1, 0.15) is 26.2 Å². The third-order valence-electron chi connectivity index (χ3n) is 1.14. The molecule has 0 saturated heterocycles. The van der Waals surface area contributed by atoms with E-state index in [1.807, 2.05) is 12.2 Å². The predicted octanol–water partition coefficient (Wildman–Crippen LogP) is 3.12. The van der Waals surface area contributed by atoms with Crippen LogP contribution in [0, 0.1) is 6.42 Å². The lowest BCUT2D eigenvalue weighted by molar-refractivity contribution is 0.828. The average Bonchev–Trinajstić information content (AvgIpc) is 1.89. The van der Waals surface area contributed by atoms with E-state index in [2.05, 4.69) is 26.0 Å². The molecule has 0 aliphatic heterocycles. The molecule has 0 atom stereocenters. The molecule has 0 aliphatic rings. The van der Waals surface area contributed by atoms with E-state index in [9.17, 15) is 0 Å². The van der Waals surface area contributed by atoms with Crippen molar-refractivity contribution in [3.8, 4) is 0 Å². The van der Waals surface area contributed by atoms with Crippen LogP contribution >= 0.6 is 0 Å². The standard InChI is InChI=1S/C9H15/c1-3-5-7-9-8-6-4-2/h3-5,7H,1,6,8-9H2,2H3. The highest BCUT2D eigenvalue weighted by Gasteiger charge is 1.79. The van der Waals surface area contributed by atoms with Gasteiger partial charge in [-0.1, -0.05) is 38.2 Å². The largest absolute Gasteiger partial charge is 0.0991 e. The molecule has 0 aromatic rings. The van der Waals surface area contributed by atoms with Crippen molar-refractivity contribution in [2.45, 2.75) is 26.2 Å². The van der Waals surface area contributed by atoms with Gasteiger partial charge in [0, 0.05) is 0 Å². The highest BCUT2D eigenvalue weighted by molar-refractivity contribution is 4.96. The number of hydrogen-bond donors (Lipinski definition) is 0. The quantitative estimate of drug-likeness (QED) is 0.389. The second-order valence-corrected chi connectivity index (χ2v) is 2.00. The Bertz CT molecular complexity index is 80.0. The third kappa shape index (κ3) is 7.48. The van der Waals surface area contributed by atoms with Crippen molar-refractivity contribution in [1.29, 1.82) is 0 Å². The van der Waals surface area contributed by atoms with Crippen molar-refractivity contribution < 1.29 is 0 Å². The summed E-state index contributed by atoms with van der Waals surface area (Å²) in [7, 11) is 0. The zero-order valence-corrected chi connectivity index (χ0v) is 6.14. The van der Waals surface area contributed by atoms with Crippen LogP contribution in [0.4, 0.5) is 0 Å². The van der Waals surface area contributed by atoms with E-state index >= 15 is 0 Å². The summed E-state index contributed by atoms with van der Waals surface area (Å²) < 4.78 is 0. The summed E-state index contributed by atoms with van der Waals surface area (Å²) in [5, 5.41) is 0. The lowest BCUT2D eigenvalue weighted by Crippen LogP contribution is -1.70. The first-order valence-electron chi connectivity index (χ1n) is 3.47. The molecule has 0 unspecified atom stereocenters. The lowest BCUT2D eigenvalue weighted by atomic mass is 10.2. The molecule has 0 rings (SSSR count). The molecule has 0 heterocycles. The molecule has 0 amide bonds. The Hall–Kier alpha value is -0.520. The second-order valence-electron chi connectivity index (χ2n) is 2.00. The van der Waals surface area contributed by atoms with E-state index in [0.29, 0.717) is 0 Å². The fourth-order valence-electron chi connectivity index (χ4n) is 0.632. The number of allylic oxidation sites excluding steroid dienone is 3. The molecule has 0 aromatic carbocycles. The molecule has 0 N–H and O–H groups in total. The summed E-state index contributed by atoms with van der Waals surface area (Å²) >= 11 is 0. The van der Waals surface area contributed by atoms with Gasteiger partial charge in [0.15, 0.2) is 0 Å². The molecule has 9 heavy (non-hydrogen) atoms. The van der Waals surface area contributed by atoms with Crippen molar-refractivity contribution in [3.63, 3.8) is 0 Å². The fraction of sp³-hybridized carbons (Fsp3) is 0.444. The molecule has 0 aliphatic carbocycles. The molecular formula is C9H15. The summed E-state index contributed by atoms with van der Waals surface area (Å²) in [5.74, 6) is 0. The van der Waals surface area contributed by atoms with Crippen LogP contribution in [0.25, 0.3) is 0 Å². The number of hydrogen-bond acceptors (Lipinski definition) is 0. The predicted molar refractivity (Wildman–Crippen MR) is 43.2 cm³/mol. The summed E-state index contributed by atoms with van der Waals surface area (Å²) in [6, 6.07) is 0. The minimum atomic E-state index is 1.18. The molecule has 0 heteroatoms. The van der Waals surface area contributed by atoms with Crippen LogP contribution in [-0.2, 0) is 0 Å². The van der Waals surface area contributed by atoms with E-state index in [-0.39, 0.29) is 0 Å². The first-order chi connectivity index (χ1) is 4.41. The van der Waals surface area contributed by atoms with Crippen LogP contribution in [0.2, 0.25) is 0 Å². The zero-order valence-electron chi connectivity index (χ0n) is 6.14. The van der Waals surface area contributed by atoms with E-state index < -0.39 is 0 Å². The van der Waals surface area contributed by atoms with Crippen molar-refractivity contribution >= 4 is 0 Å². The smallest absolute Gasteiger partial charge is 0.0348 e. The van der Waals surface area contributed by atoms with Crippen LogP contribution < -0.4 is 0 Å². The highest BCUT2D eigenvalue weighted by atomic mass is 13.8. The molecule has 0 spiro atoms. The maximum atomic E-state index is 3.58. The molecule has 0 nitrogen and oxygen atoms in total. The van der Waals surface area contributed by atoms with E-state index in [1.165, 1.54) is 19.3 Å². The Morgan fingerprint density at radius 1 is 1.33 bits per heavy atom. The molecule has 1 radical (unpaired) electrons. The summed E-state index contributed by atoms with van der Waals surface area (Å²) in [4.78, 5) is 0. The fourth-order valence-corrected chi connectivity index (χ4v) is 0.632. The van der Waals surface area contributed by atoms with Gasteiger partial charge in [0.25, 0.3) is 0 Å². The van der Waals surface area contributed by atoms with Crippen molar-refractivity contribution in [1.82, 2.24) is 0 Å². The van der Waals surface area contributed by atoms with Crippen LogP contribution in [0.3, 0.4) is 0 Å². The second kappa shape index (κ2) is 7.48. The van der Waals surface area contributed by atoms with Gasteiger partial charge in [-0.25, -0.2) is 0 Å². The Morgan fingerprint density at radius 2 is 2.11 bits per heavy atom. The van der Waals surface area contributed by atoms with Gasteiger partial charge in [-0.15, -0.1) is 0 Å². The summed E-state index contributed by atoms with van der Waals surface area (Å²) in [5.41, 5.74) is 0. The minimum absolute atomic E-state index is 1.18. The van der Waals surface area contributed by atoms with Gasteiger partial charge in [-0.05, 0) is 19.3 Å². The lowest BCUT2D eigenvalue weighted by Gasteiger charge is -1.88.